The lowest BCUT2D eigenvalue weighted by Gasteiger charge is -2.14. The average Bonchev–Trinajstić information content (AvgIpc) is 2.00. The molecule has 2 atom stereocenters. The van der Waals surface area contributed by atoms with Crippen LogP contribution in [0.25, 0.3) is 0 Å². The Morgan fingerprint density at radius 2 is 2.00 bits per heavy atom. The highest BCUT2D eigenvalue weighted by Gasteiger charge is 2.12. The van der Waals surface area contributed by atoms with Gasteiger partial charge in [-0.05, 0) is 18.8 Å². The van der Waals surface area contributed by atoms with Crippen molar-refractivity contribution < 1.29 is 18.3 Å². The molecule has 0 bridgehead atoms. The molecule has 4 nitrogen and oxygen atoms in total. The van der Waals surface area contributed by atoms with Crippen LogP contribution in [0.1, 0.15) is 19.8 Å². The van der Waals surface area contributed by atoms with E-state index < -0.39 is 15.9 Å². The number of methoxy groups -OCH3 is 1. The molecular weight excluding hydrogens is 204 g/mol. The molecular formula is C9H20O4S. The van der Waals surface area contributed by atoms with E-state index in [9.17, 15) is 13.5 Å². The Morgan fingerprint density at radius 3 is 2.43 bits per heavy atom. The molecule has 0 heterocycles. The Morgan fingerprint density at radius 1 is 1.43 bits per heavy atom. The van der Waals surface area contributed by atoms with Gasteiger partial charge < -0.3 is 9.84 Å². The van der Waals surface area contributed by atoms with Crippen molar-refractivity contribution in [2.45, 2.75) is 25.9 Å². The lowest BCUT2D eigenvalue weighted by Crippen LogP contribution is -2.18. The van der Waals surface area contributed by atoms with Gasteiger partial charge in [-0.2, -0.15) is 0 Å². The van der Waals surface area contributed by atoms with Crippen molar-refractivity contribution in [1.29, 1.82) is 0 Å². The second-order valence-corrected chi connectivity index (χ2v) is 6.13. The second kappa shape index (κ2) is 6.37. The van der Waals surface area contributed by atoms with Gasteiger partial charge >= 0.3 is 0 Å². The molecule has 0 aliphatic heterocycles. The van der Waals surface area contributed by atoms with Crippen LogP contribution in [0.2, 0.25) is 0 Å². The summed E-state index contributed by atoms with van der Waals surface area (Å²) in [4.78, 5) is 0. The Balaban J connectivity index is 3.70. The fourth-order valence-electron chi connectivity index (χ4n) is 1.28. The summed E-state index contributed by atoms with van der Waals surface area (Å²) in [6, 6.07) is 0. The SMILES string of the molecule is COCC(C)CC(O)CCS(C)(=O)=O. The molecule has 0 spiro atoms. The summed E-state index contributed by atoms with van der Waals surface area (Å²) in [7, 11) is -1.35. The maximum absolute atomic E-state index is 10.8. The zero-order valence-corrected chi connectivity index (χ0v) is 9.88. The van der Waals surface area contributed by atoms with E-state index in [1.54, 1.807) is 7.11 Å². The minimum Gasteiger partial charge on any atom is -0.393 e. The number of ether oxygens (including phenoxy) is 1. The Hall–Kier alpha value is -0.130. The maximum atomic E-state index is 10.8. The van der Waals surface area contributed by atoms with Gasteiger partial charge in [-0.3, -0.25) is 0 Å². The van der Waals surface area contributed by atoms with E-state index in [1.807, 2.05) is 6.92 Å². The number of hydrogen-bond donors (Lipinski definition) is 1. The monoisotopic (exact) mass is 224 g/mol. The molecule has 2 unspecified atom stereocenters. The van der Waals surface area contributed by atoms with Gasteiger partial charge in [0.05, 0.1) is 11.9 Å². The van der Waals surface area contributed by atoms with Crippen LogP contribution < -0.4 is 0 Å². The van der Waals surface area contributed by atoms with Crippen LogP contribution in [0.5, 0.6) is 0 Å². The van der Waals surface area contributed by atoms with Crippen LogP contribution in [0.15, 0.2) is 0 Å². The third-order valence-electron chi connectivity index (χ3n) is 1.95. The van der Waals surface area contributed by atoms with Crippen LogP contribution in [0.4, 0.5) is 0 Å². The van der Waals surface area contributed by atoms with Gasteiger partial charge in [0.15, 0.2) is 0 Å². The van der Waals surface area contributed by atoms with Crippen molar-refractivity contribution in [3.8, 4) is 0 Å². The Labute approximate surface area is 86.2 Å². The number of hydrogen-bond acceptors (Lipinski definition) is 4. The number of rotatable bonds is 7. The van der Waals surface area contributed by atoms with Gasteiger partial charge in [0, 0.05) is 20.0 Å². The molecule has 0 fully saturated rings. The van der Waals surface area contributed by atoms with Crippen LogP contribution in [0, 0.1) is 5.92 Å². The molecule has 5 heteroatoms. The first-order valence-electron chi connectivity index (χ1n) is 4.70. The highest BCUT2D eigenvalue weighted by molar-refractivity contribution is 7.90. The summed E-state index contributed by atoms with van der Waals surface area (Å²) >= 11 is 0. The van der Waals surface area contributed by atoms with Crippen LogP contribution in [0.3, 0.4) is 0 Å². The predicted octanol–water partition coefficient (Wildman–Crippen LogP) is 0.455. The van der Waals surface area contributed by atoms with Crippen LogP contribution in [-0.2, 0) is 14.6 Å². The molecule has 1 N–H and O–H groups in total. The molecule has 0 aliphatic rings. The van der Waals surface area contributed by atoms with Gasteiger partial charge in [-0.1, -0.05) is 6.92 Å². The molecule has 0 rings (SSSR count). The van der Waals surface area contributed by atoms with E-state index in [-0.39, 0.29) is 11.7 Å². The second-order valence-electron chi connectivity index (χ2n) is 3.87. The molecule has 0 aliphatic carbocycles. The van der Waals surface area contributed by atoms with Crippen molar-refractivity contribution in [3.63, 3.8) is 0 Å². The van der Waals surface area contributed by atoms with Gasteiger partial charge in [0.25, 0.3) is 0 Å². The standard InChI is InChI=1S/C9H20O4S/c1-8(7-13-2)6-9(10)4-5-14(3,11)12/h8-10H,4-7H2,1-3H3. The molecule has 0 aromatic carbocycles. The van der Waals surface area contributed by atoms with E-state index in [4.69, 9.17) is 4.74 Å². The highest BCUT2D eigenvalue weighted by atomic mass is 32.2. The van der Waals surface area contributed by atoms with E-state index in [2.05, 4.69) is 0 Å². The van der Waals surface area contributed by atoms with Crippen molar-refractivity contribution in [3.05, 3.63) is 0 Å². The third kappa shape index (κ3) is 8.47. The minimum absolute atomic E-state index is 0.0495. The van der Waals surface area contributed by atoms with Crippen molar-refractivity contribution in [1.82, 2.24) is 0 Å². The summed E-state index contributed by atoms with van der Waals surface area (Å²) in [5.74, 6) is 0.308. The lowest BCUT2D eigenvalue weighted by molar-refractivity contribution is 0.0997. The first kappa shape index (κ1) is 13.9. The fourth-order valence-corrected chi connectivity index (χ4v) is 1.99. The Kier molecular flexibility index (Phi) is 6.31. The van der Waals surface area contributed by atoms with Gasteiger partial charge in [-0.15, -0.1) is 0 Å². The minimum atomic E-state index is -2.96. The van der Waals surface area contributed by atoms with E-state index in [0.29, 0.717) is 19.4 Å². The highest BCUT2D eigenvalue weighted by Crippen LogP contribution is 2.09. The summed E-state index contributed by atoms with van der Waals surface area (Å²) in [5.41, 5.74) is 0. The van der Waals surface area contributed by atoms with Gasteiger partial charge in [-0.25, -0.2) is 8.42 Å². The fraction of sp³-hybridized carbons (Fsp3) is 1.00. The zero-order chi connectivity index (χ0) is 11.2. The van der Waals surface area contributed by atoms with Crippen molar-refractivity contribution >= 4 is 9.84 Å². The Bertz CT molecular complexity index is 235. The van der Waals surface area contributed by atoms with Gasteiger partial charge in [0.2, 0.25) is 0 Å². The zero-order valence-electron chi connectivity index (χ0n) is 9.06. The molecule has 0 saturated carbocycles. The van der Waals surface area contributed by atoms with Crippen LogP contribution in [-0.4, -0.2) is 45.4 Å². The largest absolute Gasteiger partial charge is 0.393 e. The molecule has 0 amide bonds. The summed E-state index contributed by atoms with van der Waals surface area (Å²) in [6.45, 7) is 2.56. The quantitative estimate of drug-likeness (QED) is 0.682. The topological polar surface area (TPSA) is 63.6 Å². The van der Waals surface area contributed by atoms with Gasteiger partial charge in [0.1, 0.15) is 9.84 Å². The molecule has 0 aromatic heterocycles. The maximum Gasteiger partial charge on any atom is 0.147 e. The summed E-state index contributed by atoms with van der Waals surface area (Å²) in [6.07, 6.45) is 1.53. The lowest BCUT2D eigenvalue weighted by atomic mass is 10.0. The first-order valence-corrected chi connectivity index (χ1v) is 6.76. The molecule has 86 valence electrons. The van der Waals surface area contributed by atoms with Crippen molar-refractivity contribution in [2.75, 3.05) is 25.7 Å². The first-order chi connectivity index (χ1) is 6.35. The number of sulfone groups is 1. The van der Waals surface area contributed by atoms with E-state index >= 15 is 0 Å². The smallest absolute Gasteiger partial charge is 0.147 e. The molecule has 0 aromatic rings. The van der Waals surface area contributed by atoms with E-state index in [1.165, 1.54) is 6.26 Å². The normalized spacial score (nSPS) is 16.6. The number of aliphatic hydroxyl groups is 1. The average molecular weight is 224 g/mol. The van der Waals surface area contributed by atoms with Crippen LogP contribution >= 0.6 is 0 Å². The summed E-state index contributed by atoms with van der Waals surface area (Å²) in [5, 5.41) is 9.49. The summed E-state index contributed by atoms with van der Waals surface area (Å²) < 4.78 is 26.5. The number of aliphatic hydroxyl groups excluding tert-OH is 1. The van der Waals surface area contributed by atoms with Crippen molar-refractivity contribution in [2.24, 2.45) is 5.92 Å². The molecule has 0 radical (unpaired) electrons. The third-order valence-corrected chi connectivity index (χ3v) is 2.92. The molecule has 0 saturated heterocycles. The predicted molar refractivity (Wildman–Crippen MR) is 56.0 cm³/mol. The molecule has 14 heavy (non-hydrogen) atoms. The van der Waals surface area contributed by atoms with E-state index in [0.717, 1.165) is 0 Å².